The number of aromatic nitrogens is 2. The molecule has 1 fully saturated rings. The van der Waals surface area contributed by atoms with Crippen LogP contribution in [0.25, 0.3) is 0 Å². The molecule has 92 valence electrons. The van der Waals surface area contributed by atoms with E-state index in [1.54, 1.807) is 18.7 Å². The van der Waals surface area contributed by atoms with Crippen LogP contribution in [0.2, 0.25) is 0 Å². The number of aliphatic carboxylic acids is 1. The van der Waals surface area contributed by atoms with Crippen LogP contribution in [0, 0.1) is 12.8 Å². The summed E-state index contributed by atoms with van der Waals surface area (Å²) < 4.78 is 1.59. The first-order valence-corrected chi connectivity index (χ1v) is 5.53. The number of carbonyl (C=O) groups is 2. The van der Waals surface area contributed by atoms with Crippen LogP contribution in [0.5, 0.6) is 0 Å². The lowest BCUT2D eigenvalue weighted by Crippen LogP contribution is -2.42. The van der Waals surface area contributed by atoms with E-state index in [2.05, 4.69) is 10.4 Å². The zero-order chi connectivity index (χ0) is 12.6. The van der Waals surface area contributed by atoms with Gasteiger partial charge in [-0.25, -0.2) is 4.79 Å². The van der Waals surface area contributed by atoms with Crippen molar-refractivity contribution >= 4 is 11.9 Å². The van der Waals surface area contributed by atoms with Crippen molar-refractivity contribution in [2.75, 3.05) is 0 Å². The molecule has 0 radical (unpaired) electrons. The average Bonchev–Trinajstić information content (AvgIpc) is 3.04. The molecule has 0 bridgehead atoms. The summed E-state index contributed by atoms with van der Waals surface area (Å²) in [4.78, 5) is 22.9. The van der Waals surface area contributed by atoms with Gasteiger partial charge in [0.25, 0.3) is 5.91 Å². The molecule has 2 rings (SSSR count). The van der Waals surface area contributed by atoms with E-state index in [-0.39, 0.29) is 11.8 Å². The molecule has 2 N–H and O–H groups in total. The molecule has 1 saturated carbocycles. The molecule has 17 heavy (non-hydrogen) atoms. The highest BCUT2D eigenvalue weighted by molar-refractivity contribution is 5.97. The van der Waals surface area contributed by atoms with Gasteiger partial charge in [-0.15, -0.1) is 0 Å². The smallest absolute Gasteiger partial charge is 0.326 e. The number of carbonyl (C=O) groups excluding carboxylic acids is 1. The summed E-state index contributed by atoms with van der Waals surface area (Å²) in [7, 11) is 1.74. The maximum Gasteiger partial charge on any atom is 0.326 e. The number of hydrogen-bond acceptors (Lipinski definition) is 3. The topological polar surface area (TPSA) is 84.2 Å². The standard InChI is InChI=1S/C11H15N3O3/c1-6-8(5-12-14(6)2)10(15)13-9(11(16)17)7-3-4-7/h5,7,9H,3-4H2,1-2H3,(H,13,15)(H,16,17). The number of carboxylic acids is 1. The van der Waals surface area contributed by atoms with Gasteiger partial charge >= 0.3 is 5.97 Å². The third-order valence-electron chi connectivity index (χ3n) is 3.13. The van der Waals surface area contributed by atoms with Gasteiger partial charge in [0.2, 0.25) is 0 Å². The zero-order valence-electron chi connectivity index (χ0n) is 9.80. The minimum Gasteiger partial charge on any atom is -0.480 e. The van der Waals surface area contributed by atoms with Crippen molar-refractivity contribution in [1.82, 2.24) is 15.1 Å². The number of carboxylic acid groups (broad SMARTS) is 1. The molecular formula is C11H15N3O3. The Morgan fingerprint density at radius 1 is 1.59 bits per heavy atom. The van der Waals surface area contributed by atoms with E-state index in [0.29, 0.717) is 5.56 Å². The first kappa shape index (κ1) is 11.6. The van der Waals surface area contributed by atoms with Gasteiger partial charge in [-0.05, 0) is 25.7 Å². The summed E-state index contributed by atoms with van der Waals surface area (Å²) >= 11 is 0. The maximum absolute atomic E-state index is 11.9. The van der Waals surface area contributed by atoms with Crippen molar-refractivity contribution in [2.24, 2.45) is 13.0 Å². The molecule has 0 aromatic carbocycles. The molecular weight excluding hydrogens is 222 g/mol. The zero-order valence-corrected chi connectivity index (χ0v) is 9.80. The summed E-state index contributed by atoms with van der Waals surface area (Å²) in [5, 5.41) is 15.5. The van der Waals surface area contributed by atoms with Crippen molar-refractivity contribution in [3.8, 4) is 0 Å². The molecule has 1 amide bonds. The van der Waals surface area contributed by atoms with Gasteiger partial charge < -0.3 is 10.4 Å². The number of nitrogens with zero attached hydrogens (tertiary/aromatic N) is 2. The van der Waals surface area contributed by atoms with E-state index in [4.69, 9.17) is 5.11 Å². The lowest BCUT2D eigenvalue weighted by Gasteiger charge is -2.13. The second-order valence-corrected chi connectivity index (χ2v) is 4.39. The Balaban J connectivity index is 2.10. The van der Waals surface area contributed by atoms with E-state index in [1.165, 1.54) is 6.20 Å². The van der Waals surface area contributed by atoms with Crippen LogP contribution in [0.3, 0.4) is 0 Å². The Morgan fingerprint density at radius 3 is 2.65 bits per heavy atom. The molecule has 1 aromatic heterocycles. The number of nitrogens with one attached hydrogen (secondary N) is 1. The molecule has 1 aromatic rings. The first-order valence-electron chi connectivity index (χ1n) is 5.53. The molecule has 0 aliphatic heterocycles. The summed E-state index contributed by atoms with van der Waals surface area (Å²) in [6, 6.07) is -0.776. The molecule has 1 aliphatic carbocycles. The number of amides is 1. The predicted octanol–water partition coefficient (Wildman–Crippen LogP) is 0.322. The van der Waals surface area contributed by atoms with Gasteiger partial charge in [-0.2, -0.15) is 5.10 Å². The van der Waals surface area contributed by atoms with Crippen molar-refractivity contribution < 1.29 is 14.7 Å². The van der Waals surface area contributed by atoms with Crippen molar-refractivity contribution in [2.45, 2.75) is 25.8 Å². The molecule has 6 heteroatoms. The molecule has 1 unspecified atom stereocenters. The third-order valence-corrected chi connectivity index (χ3v) is 3.13. The Kier molecular flexibility index (Phi) is 2.87. The first-order chi connectivity index (χ1) is 8.00. The second kappa shape index (κ2) is 4.20. The fraction of sp³-hybridized carbons (Fsp3) is 0.545. The lowest BCUT2D eigenvalue weighted by molar-refractivity contribution is -0.139. The van der Waals surface area contributed by atoms with Crippen LogP contribution < -0.4 is 5.32 Å². The quantitative estimate of drug-likeness (QED) is 0.790. The van der Waals surface area contributed by atoms with E-state index in [1.807, 2.05) is 0 Å². The highest BCUT2D eigenvalue weighted by Gasteiger charge is 2.37. The summed E-state index contributed by atoms with van der Waals surface area (Å²) in [5.74, 6) is -1.26. The minimum atomic E-state index is -0.970. The maximum atomic E-state index is 11.9. The molecule has 1 heterocycles. The summed E-state index contributed by atoms with van der Waals surface area (Å²) in [5.41, 5.74) is 1.15. The molecule has 6 nitrogen and oxygen atoms in total. The molecule has 1 atom stereocenters. The van der Waals surface area contributed by atoms with E-state index >= 15 is 0 Å². The van der Waals surface area contributed by atoms with Crippen LogP contribution in [-0.4, -0.2) is 32.8 Å². The highest BCUT2D eigenvalue weighted by atomic mass is 16.4. The summed E-state index contributed by atoms with van der Waals surface area (Å²) in [6.07, 6.45) is 3.18. The van der Waals surface area contributed by atoms with Crippen molar-refractivity contribution in [3.63, 3.8) is 0 Å². The molecule has 1 aliphatic rings. The lowest BCUT2D eigenvalue weighted by atomic mass is 10.1. The Bertz CT molecular complexity index is 463. The number of hydrogen-bond donors (Lipinski definition) is 2. The van der Waals surface area contributed by atoms with Gasteiger partial charge in [-0.3, -0.25) is 9.48 Å². The number of aryl methyl sites for hydroxylation is 1. The van der Waals surface area contributed by atoms with Gasteiger partial charge in [-0.1, -0.05) is 0 Å². The fourth-order valence-electron chi connectivity index (χ4n) is 1.75. The fourth-order valence-corrected chi connectivity index (χ4v) is 1.75. The highest BCUT2D eigenvalue weighted by Crippen LogP contribution is 2.32. The van der Waals surface area contributed by atoms with Crippen LogP contribution in [-0.2, 0) is 11.8 Å². The van der Waals surface area contributed by atoms with Crippen LogP contribution in [0.1, 0.15) is 28.9 Å². The number of rotatable bonds is 4. The van der Waals surface area contributed by atoms with Crippen LogP contribution in [0.15, 0.2) is 6.20 Å². The second-order valence-electron chi connectivity index (χ2n) is 4.39. The minimum absolute atomic E-state index is 0.0772. The van der Waals surface area contributed by atoms with Crippen LogP contribution in [0.4, 0.5) is 0 Å². The monoisotopic (exact) mass is 237 g/mol. The molecule has 0 saturated heterocycles. The Labute approximate surface area is 98.6 Å². The molecule has 0 spiro atoms. The van der Waals surface area contributed by atoms with Gasteiger partial charge in [0.15, 0.2) is 0 Å². The van der Waals surface area contributed by atoms with Gasteiger partial charge in [0.1, 0.15) is 6.04 Å². The van der Waals surface area contributed by atoms with Gasteiger partial charge in [0.05, 0.1) is 11.8 Å². The van der Waals surface area contributed by atoms with E-state index in [9.17, 15) is 9.59 Å². The SMILES string of the molecule is Cc1c(C(=O)NC(C(=O)O)C2CC2)cnn1C. The van der Waals surface area contributed by atoms with Crippen molar-refractivity contribution in [1.29, 1.82) is 0 Å². The average molecular weight is 237 g/mol. The normalized spacial score (nSPS) is 16.6. The Hall–Kier alpha value is -1.85. The van der Waals surface area contributed by atoms with E-state index in [0.717, 1.165) is 18.5 Å². The largest absolute Gasteiger partial charge is 0.480 e. The van der Waals surface area contributed by atoms with Crippen molar-refractivity contribution in [3.05, 3.63) is 17.5 Å². The van der Waals surface area contributed by atoms with Gasteiger partial charge in [0, 0.05) is 12.7 Å². The van der Waals surface area contributed by atoms with Crippen LogP contribution >= 0.6 is 0 Å². The summed E-state index contributed by atoms with van der Waals surface area (Å²) in [6.45, 7) is 1.77. The third kappa shape index (κ3) is 2.30. The van der Waals surface area contributed by atoms with E-state index < -0.39 is 12.0 Å². The Morgan fingerprint density at radius 2 is 2.24 bits per heavy atom. The predicted molar refractivity (Wildman–Crippen MR) is 59.6 cm³/mol.